The fourth-order valence-electron chi connectivity index (χ4n) is 1.33. The second-order valence-electron chi connectivity index (χ2n) is 3.74. The van der Waals surface area contributed by atoms with Gasteiger partial charge in [0, 0.05) is 3.57 Å². The van der Waals surface area contributed by atoms with Gasteiger partial charge >= 0.3 is 12.1 Å². The number of rotatable bonds is 5. The Hall–Kier alpha value is -0.880. The minimum Gasteiger partial charge on any atom is -0.480 e. The molecule has 0 unspecified atom stereocenters. The normalized spacial score (nSPS) is 12.7. The van der Waals surface area contributed by atoms with Crippen molar-refractivity contribution >= 4 is 38.6 Å². The molecule has 5 nitrogen and oxygen atoms in total. The van der Waals surface area contributed by atoms with Crippen LogP contribution in [0.25, 0.3) is 0 Å². The molecule has 0 aliphatic heterocycles. The van der Waals surface area contributed by atoms with Crippen LogP contribution in [0.3, 0.4) is 0 Å². The third-order valence-corrected chi connectivity index (χ3v) is 4.64. The minimum atomic E-state index is -4.83. The third-order valence-electron chi connectivity index (χ3n) is 2.12. The number of benzene rings is 1. The summed E-state index contributed by atoms with van der Waals surface area (Å²) in [5, 5.41) is 8.56. The van der Waals surface area contributed by atoms with E-state index >= 15 is 0 Å². The van der Waals surface area contributed by atoms with Crippen LogP contribution in [0.1, 0.15) is 0 Å². The van der Waals surface area contributed by atoms with E-state index in [1.165, 1.54) is 12.1 Å². The van der Waals surface area contributed by atoms with Crippen LogP contribution in [0, 0.1) is 3.57 Å². The van der Waals surface area contributed by atoms with Crippen LogP contribution in [-0.4, -0.2) is 43.1 Å². The lowest BCUT2D eigenvalue weighted by Crippen LogP contribution is -2.41. The molecular weight excluding hydrogens is 414 g/mol. The summed E-state index contributed by atoms with van der Waals surface area (Å²) in [7, 11) is -4.52. The number of hydrogen-bond donors (Lipinski definition) is 1. The zero-order chi connectivity index (χ0) is 15.6. The number of alkyl halides is 3. The summed E-state index contributed by atoms with van der Waals surface area (Å²) < 4.78 is 61.7. The summed E-state index contributed by atoms with van der Waals surface area (Å²) in [6.45, 7) is -3.11. The average molecular weight is 423 g/mol. The summed E-state index contributed by atoms with van der Waals surface area (Å²) in [4.78, 5) is 10.2. The minimum absolute atomic E-state index is 0.114. The second kappa shape index (κ2) is 6.26. The molecular formula is C10H9F3INO4S. The maximum Gasteiger partial charge on any atom is 0.402 e. The van der Waals surface area contributed by atoms with Gasteiger partial charge in [-0.1, -0.05) is 0 Å². The summed E-state index contributed by atoms with van der Waals surface area (Å²) >= 11 is 1.90. The Labute approximate surface area is 126 Å². The first kappa shape index (κ1) is 17.2. The molecule has 0 aliphatic carbocycles. The van der Waals surface area contributed by atoms with Crippen molar-refractivity contribution in [3.63, 3.8) is 0 Å². The van der Waals surface area contributed by atoms with Gasteiger partial charge in [-0.05, 0) is 46.9 Å². The number of sulfonamides is 1. The molecule has 0 spiro atoms. The Morgan fingerprint density at radius 2 is 1.75 bits per heavy atom. The van der Waals surface area contributed by atoms with Crippen LogP contribution >= 0.6 is 22.6 Å². The molecule has 1 aromatic rings. The largest absolute Gasteiger partial charge is 0.480 e. The maximum atomic E-state index is 12.4. The molecule has 0 heterocycles. The maximum absolute atomic E-state index is 12.4. The van der Waals surface area contributed by atoms with Crippen molar-refractivity contribution in [2.45, 2.75) is 11.1 Å². The van der Waals surface area contributed by atoms with Gasteiger partial charge in [-0.2, -0.15) is 17.5 Å². The molecule has 0 saturated heterocycles. The first-order chi connectivity index (χ1) is 9.02. The van der Waals surface area contributed by atoms with Crippen LogP contribution in [0.2, 0.25) is 0 Å². The molecule has 10 heteroatoms. The van der Waals surface area contributed by atoms with Crippen molar-refractivity contribution in [1.29, 1.82) is 0 Å². The van der Waals surface area contributed by atoms with Crippen LogP contribution in [-0.2, 0) is 14.8 Å². The molecule has 0 radical (unpaired) electrons. The number of hydrogen-bond acceptors (Lipinski definition) is 3. The molecule has 1 aromatic carbocycles. The molecule has 112 valence electrons. The van der Waals surface area contributed by atoms with Crippen molar-refractivity contribution in [1.82, 2.24) is 4.31 Å². The van der Waals surface area contributed by atoms with Gasteiger partial charge in [0.2, 0.25) is 10.0 Å². The summed E-state index contributed by atoms with van der Waals surface area (Å²) in [5.41, 5.74) is 0. The lowest BCUT2D eigenvalue weighted by molar-refractivity contribution is -0.146. The van der Waals surface area contributed by atoms with E-state index in [-0.39, 0.29) is 9.20 Å². The van der Waals surface area contributed by atoms with E-state index < -0.39 is 35.3 Å². The number of carboxylic acid groups (broad SMARTS) is 1. The zero-order valence-electron chi connectivity index (χ0n) is 9.76. The van der Waals surface area contributed by atoms with Gasteiger partial charge in [-0.3, -0.25) is 4.79 Å². The Morgan fingerprint density at radius 3 is 2.15 bits per heavy atom. The first-order valence-corrected chi connectivity index (χ1v) is 7.58. The quantitative estimate of drug-likeness (QED) is 0.735. The van der Waals surface area contributed by atoms with Crippen LogP contribution in [0.5, 0.6) is 0 Å². The van der Waals surface area contributed by atoms with E-state index in [2.05, 4.69) is 0 Å². The highest BCUT2D eigenvalue weighted by atomic mass is 127. The van der Waals surface area contributed by atoms with Gasteiger partial charge in [-0.25, -0.2) is 8.42 Å². The van der Waals surface area contributed by atoms with Crippen LogP contribution < -0.4 is 0 Å². The highest BCUT2D eigenvalue weighted by Crippen LogP contribution is 2.23. The first-order valence-electron chi connectivity index (χ1n) is 5.06. The van der Waals surface area contributed by atoms with E-state index in [1.54, 1.807) is 0 Å². The van der Waals surface area contributed by atoms with Gasteiger partial charge in [0.05, 0.1) is 4.90 Å². The highest BCUT2D eigenvalue weighted by Gasteiger charge is 2.38. The van der Waals surface area contributed by atoms with Crippen molar-refractivity contribution in [2.24, 2.45) is 0 Å². The van der Waals surface area contributed by atoms with E-state index in [0.717, 1.165) is 12.1 Å². The van der Waals surface area contributed by atoms with E-state index in [0.29, 0.717) is 3.57 Å². The highest BCUT2D eigenvalue weighted by molar-refractivity contribution is 14.1. The SMILES string of the molecule is O=C(O)CN(CC(F)(F)F)S(=O)(=O)c1ccc(I)cc1. The summed E-state index contributed by atoms with van der Waals surface area (Å²) in [6.07, 6.45) is -4.83. The fourth-order valence-corrected chi connectivity index (χ4v) is 3.07. The average Bonchev–Trinajstić information content (AvgIpc) is 2.26. The molecule has 0 saturated carbocycles. The Balaban J connectivity index is 3.16. The second-order valence-corrected chi connectivity index (χ2v) is 6.92. The molecule has 1 rings (SSSR count). The van der Waals surface area contributed by atoms with Crippen LogP contribution in [0.15, 0.2) is 29.2 Å². The number of aliphatic carboxylic acids is 1. The Kier molecular flexibility index (Phi) is 5.38. The standard InChI is InChI=1S/C10H9F3INO4S/c11-10(12,13)6-15(5-9(16)17)20(18,19)8-3-1-7(14)2-4-8/h1-4H,5-6H2,(H,16,17). The Bertz CT molecular complexity index is 586. The van der Waals surface area contributed by atoms with Crippen LogP contribution in [0.4, 0.5) is 13.2 Å². The molecule has 0 atom stereocenters. The van der Waals surface area contributed by atoms with E-state index in [9.17, 15) is 26.4 Å². The number of carbonyl (C=O) groups is 1. The van der Waals surface area contributed by atoms with Crippen molar-refractivity contribution in [3.8, 4) is 0 Å². The molecule has 0 bridgehead atoms. The number of carboxylic acids is 1. The predicted molar refractivity (Wildman–Crippen MR) is 71.6 cm³/mol. The van der Waals surface area contributed by atoms with Crippen molar-refractivity contribution in [2.75, 3.05) is 13.1 Å². The van der Waals surface area contributed by atoms with Gasteiger partial charge in [-0.15, -0.1) is 0 Å². The Morgan fingerprint density at radius 1 is 1.25 bits per heavy atom. The van der Waals surface area contributed by atoms with E-state index in [4.69, 9.17) is 5.11 Å². The van der Waals surface area contributed by atoms with Gasteiger partial charge in [0.1, 0.15) is 13.1 Å². The summed E-state index contributed by atoms with van der Waals surface area (Å²) in [6, 6.07) is 5.06. The molecule has 0 aliphatic rings. The molecule has 0 fully saturated rings. The van der Waals surface area contributed by atoms with E-state index in [1.807, 2.05) is 22.6 Å². The fraction of sp³-hybridized carbons (Fsp3) is 0.300. The summed E-state index contributed by atoms with van der Waals surface area (Å²) in [5.74, 6) is -1.66. The van der Waals surface area contributed by atoms with Gasteiger partial charge < -0.3 is 5.11 Å². The number of halogens is 4. The lowest BCUT2D eigenvalue weighted by atomic mass is 10.4. The molecule has 0 amide bonds. The molecule has 20 heavy (non-hydrogen) atoms. The predicted octanol–water partition coefficient (Wildman–Crippen LogP) is 1.93. The lowest BCUT2D eigenvalue weighted by Gasteiger charge is -2.21. The molecule has 0 aromatic heterocycles. The van der Waals surface area contributed by atoms with Gasteiger partial charge in [0.15, 0.2) is 0 Å². The van der Waals surface area contributed by atoms with Gasteiger partial charge in [0.25, 0.3) is 0 Å². The smallest absolute Gasteiger partial charge is 0.402 e. The zero-order valence-corrected chi connectivity index (χ0v) is 12.7. The van der Waals surface area contributed by atoms with Crippen molar-refractivity contribution < 1.29 is 31.5 Å². The number of nitrogens with zero attached hydrogens (tertiary/aromatic N) is 1. The molecule has 1 N–H and O–H groups in total. The van der Waals surface area contributed by atoms with Crippen molar-refractivity contribution in [3.05, 3.63) is 27.8 Å². The topological polar surface area (TPSA) is 74.7 Å². The monoisotopic (exact) mass is 423 g/mol. The third kappa shape index (κ3) is 4.90.